The number of ether oxygens (including phenoxy) is 1. The molecular weight excluding hydrogens is 176 g/mol. The molecule has 3 atom stereocenters. The highest BCUT2D eigenvalue weighted by Crippen LogP contribution is 2.54. The Hall–Kier alpha value is -0.530. The second-order valence-corrected chi connectivity index (χ2v) is 5.16. The maximum Gasteiger partial charge on any atom is 0.309 e. The lowest BCUT2D eigenvalue weighted by Gasteiger charge is -2.44. The van der Waals surface area contributed by atoms with Crippen LogP contribution < -0.4 is 0 Å². The summed E-state index contributed by atoms with van der Waals surface area (Å²) in [4.78, 5) is 11.7. The topological polar surface area (TPSA) is 26.3 Å². The SMILES string of the molecule is CC[C@@H]1OC(=O)[C@H]2C3CCC(CC3)[C@@H]12. The second kappa shape index (κ2) is 2.98. The van der Waals surface area contributed by atoms with E-state index in [1.54, 1.807) is 0 Å². The van der Waals surface area contributed by atoms with Gasteiger partial charge in [-0.2, -0.15) is 0 Å². The van der Waals surface area contributed by atoms with Crippen molar-refractivity contribution in [2.75, 3.05) is 0 Å². The Bertz CT molecular complexity index is 253. The van der Waals surface area contributed by atoms with Gasteiger partial charge in [-0.3, -0.25) is 4.79 Å². The van der Waals surface area contributed by atoms with Gasteiger partial charge in [-0.25, -0.2) is 0 Å². The molecule has 2 bridgehead atoms. The van der Waals surface area contributed by atoms with E-state index < -0.39 is 0 Å². The van der Waals surface area contributed by atoms with E-state index in [1.165, 1.54) is 25.7 Å². The molecule has 0 radical (unpaired) electrons. The summed E-state index contributed by atoms with van der Waals surface area (Å²) >= 11 is 0. The number of rotatable bonds is 1. The summed E-state index contributed by atoms with van der Waals surface area (Å²) in [5.41, 5.74) is 0. The third-order valence-corrected chi connectivity index (χ3v) is 4.65. The van der Waals surface area contributed by atoms with E-state index in [-0.39, 0.29) is 18.0 Å². The molecule has 0 spiro atoms. The van der Waals surface area contributed by atoms with Crippen molar-refractivity contribution in [1.29, 1.82) is 0 Å². The van der Waals surface area contributed by atoms with Crippen LogP contribution in [-0.4, -0.2) is 12.1 Å². The summed E-state index contributed by atoms with van der Waals surface area (Å²) in [6.45, 7) is 2.14. The molecule has 0 unspecified atom stereocenters. The van der Waals surface area contributed by atoms with Gasteiger partial charge in [-0.1, -0.05) is 6.92 Å². The maximum atomic E-state index is 11.7. The molecule has 0 aromatic carbocycles. The minimum absolute atomic E-state index is 0.122. The zero-order valence-electron chi connectivity index (χ0n) is 8.74. The molecule has 2 nitrogen and oxygen atoms in total. The fourth-order valence-electron chi connectivity index (χ4n) is 4.04. The molecule has 0 aromatic rings. The number of fused-ring (bicyclic) bond motifs is 2. The van der Waals surface area contributed by atoms with Gasteiger partial charge in [0.1, 0.15) is 6.10 Å². The minimum atomic E-state index is 0.122. The van der Waals surface area contributed by atoms with Crippen LogP contribution in [0.4, 0.5) is 0 Å². The van der Waals surface area contributed by atoms with E-state index in [2.05, 4.69) is 6.92 Å². The molecule has 14 heavy (non-hydrogen) atoms. The molecule has 3 saturated carbocycles. The summed E-state index contributed by atoms with van der Waals surface area (Å²) < 4.78 is 5.50. The van der Waals surface area contributed by atoms with Gasteiger partial charge in [0.25, 0.3) is 0 Å². The zero-order valence-corrected chi connectivity index (χ0v) is 8.74. The van der Waals surface area contributed by atoms with E-state index in [0.717, 1.165) is 12.3 Å². The number of hydrogen-bond donors (Lipinski definition) is 0. The first kappa shape index (κ1) is 8.75. The van der Waals surface area contributed by atoms with Crippen LogP contribution in [0.15, 0.2) is 0 Å². The van der Waals surface area contributed by atoms with Crippen LogP contribution in [0.3, 0.4) is 0 Å². The normalized spacial score (nSPS) is 50.4. The summed E-state index contributed by atoms with van der Waals surface area (Å²) in [7, 11) is 0. The lowest BCUT2D eigenvalue weighted by Crippen LogP contribution is -2.42. The van der Waals surface area contributed by atoms with Crippen LogP contribution in [0.1, 0.15) is 39.0 Å². The Morgan fingerprint density at radius 1 is 1.21 bits per heavy atom. The van der Waals surface area contributed by atoms with Crippen molar-refractivity contribution in [3.8, 4) is 0 Å². The monoisotopic (exact) mass is 194 g/mol. The number of esters is 1. The molecule has 4 rings (SSSR count). The number of carbonyl (C=O) groups excluding carboxylic acids is 1. The second-order valence-electron chi connectivity index (χ2n) is 5.16. The fourth-order valence-corrected chi connectivity index (χ4v) is 4.04. The third-order valence-electron chi connectivity index (χ3n) is 4.65. The first-order chi connectivity index (χ1) is 6.81. The average molecular weight is 194 g/mol. The maximum absolute atomic E-state index is 11.7. The van der Waals surface area contributed by atoms with Crippen molar-refractivity contribution in [3.63, 3.8) is 0 Å². The van der Waals surface area contributed by atoms with Crippen LogP contribution in [0.25, 0.3) is 0 Å². The van der Waals surface area contributed by atoms with Gasteiger partial charge >= 0.3 is 5.97 Å². The van der Waals surface area contributed by atoms with Crippen LogP contribution in [0.2, 0.25) is 0 Å². The van der Waals surface area contributed by atoms with E-state index in [4.69, 9.17) is 4.74 Å². The first-order valence-electron chi connectivity index (χ1n) is 6.01. The summed E-state index contributed by atoms with van der Waals surface area (Å²) in [6, 6.07) is 0. The van der Waals surface area contributed by atoms with E-state index in [9.17, 15) is 4.79 Å². The van der Waals surface area contributed by atoms with Crippen LogP contribution in [0, 0.1) is 23.7 Å². The molecule has 4 aliphatic rings. The Labute approximate surface area is 85.0 Å². The molecule has 78 valence electrons. The lowest BCUT2D eigenvalue weighted by molar-refractivity contribution is -0.146. The van der Waals surface area contributed by atoms with Crippen molar-refractivity contribution in [3.05, 3.63) is 0 Å². The Kier molecular flexibility index (Phi) is 1.86. The molecule has 2 heteroatoms. The van der Waals surface area contributed by atoms with Crippen molar-refractivity contribution >= 4 is 5.97 Å². The Morgan fingerprint density at radius 3 is 2.50 bits per heavy atom. The van der Waals surface area contributed by atoms with Crippen molar-refractivity contribution in [1.82, 2.24) is 0 Å². The largest absolute Gasteiger partial charge is 0.462 e. The highest BCUT2D eigenvalue weighted by molar-refractivity contribution is 5.76. The molecule has 0 N–H and O–H groups in total. The molecular formula is C12H18O2. The molecule has 4 fully saturated rings. The number of carbonyl (C=O) groups is 1. The highest BCUT2D eigenvalue weighted by atomic mass is 16.6. The molecule has 0 aromatic heterocycles. The van der Waals surface area contributed by atoms with Gasteiger partial charge in [0.2, 0.25) is 0 Å². The van der Waals surface area contributed by atoms with Gasteiger partial charge in [0, 0.05) is 5.92 Å². The standard InChI is InChI=1S/C12H18O2/c1-2-9-10-7-3-5-8(6-4-7)11(10)12(13)14-9/h7-11H,2-6H2,1H3/t7?,8?,9-,10-,11-/m0/s1. The Balaban J connectivity index is 1.92. The van der Waals surface area contributed by atoms with Crippen LogP contribution in [-0.2, 0) is 9.53 Å². The molecule has 1 saturated heterocycles. The molecule has 1 aliphatic heterocycles. The van der Waals surface area contributed by atoms with E-state index in [1.807, 2.05) is 0 Å². The predicted octanol–water partition coefficient (Wildman–Crippen LogP) is 2.37. The summed E-state index contributed by atoms with van der Waals surface area (Å²) in [5.74, 6) is 2.44. The first-order valence-corrected chi connectivity index (χ1v) is 6.01. The summed E-state index contributed by atoms with van der Waals surface area (Å²) in [5, 5.41) is 0. The molecule has 0 amide bonds. The molecule has 3 aliphatic carbocycles. The number of cyclic esters (lactones) is 1. The number of hydrogen-bond acceptors (Lipinski definition) is 2. The van der Waals surface area contributed by atoms with Gasteiger partial charge in [-0.05, 0) is 43.9 Å². The highest BCUT2D eigenvalue weighted by Gasteiger charge is 2.55. The van der Waals surface area contributed by atoms with Gasteiger partial charge in [0.05, 0.1) is 5.92 Å². The van der Waals surface area contributed by atoms with E-state index in [0.29, 0.717) is 11.8 Å². The van der Waals surface area contributed by atoms with Crippen molar-refractivity contribution < 1.29 is 9.53 Å². The van der Waals surface area contributed by atoms with Crippen molar-refractivity contribution in [2.45, 2.75) is 45.1 Å². The Morgan fingerprint density at radius 2 is 1.86 bits per heavy atom. The lowest BCUT2D eigenvalue weighted by atomic mass is 9.58. The molecule has 1 heterocycles. The van der Waals surface area contributed by atoms with Gasteiger partial charge in [0.15, 0.2) is 0 Å². The van der Waals surface area contributed by atoms with Gasteiger partial charge in [-0.15, -0.1) is 0 Å². The zero-order chi connectivity index (χ0) is 9.71. The van der Waals surface area contributed by atoms with Crippen LogP contribution >= 0.6 is 0 Å². The third kappa shape index (κ3) is 0.999. The van der Waals surface area contributed by atoms with E-state index >= 15 is 0 Å². The summed E-state index contributed by atoms with van der Waals surface area (Å²) in [6.07, 6.45) is 6.50. The van der Waals surface area contributed by atoms with Crippen molar-refractivity contribution in [2.24, 2.45) is 23.7 Å². The minimum Gasteiger partial charge on any atom is -0.462 e. The average Bonchev–Trinajstić information content (AvgIpc) is 2.60. The van der Waals surface area contributed by atoms with Crippen LogP contribution in [0.5, 0.6) is 0 Å². The van der Waals surface area contributed by atoms with Gasteiger partial charge < -0.3 is 4.74 Å². The quantitative estimate of drug-likeness (QED) is 0.599. The fraction of sp³-hybridized carbons (Fsp3) is 0.917. The smallest absolute Gasteiger partial charge is 0.309 e. The predicted molar refractivity (Wildman–Crippen MR) is 52.6 cm³/mol.